The predicted molar refractivity (Wildman–Crippen MR) is 184 cm³/mol. The topological polar surface area (TPSA) is 266 Å². The van der Waals surface area contributed by atoms with Gasteiger partial charge in [-0.25, -0.2) is 11.5 Å². The summed E-state index contributed by atoms with van der Waals surface area (Å²) in [6.45, 7) is 6.18. The van der Waals surface area contributed by atoms with Crippen LogP contribution < -0.4 is 5.32 Å². The molecule has 2 aromatic carbocycles. The summed E-state index contributed by atoms with van der Waals surface area (Å²) >= 11 is 0. The first-order chi connectivity index (χ1) is 26.6. The zero-order valence-electron chi connectivity index (χ0n) is 30.1. The summed E-state index contributed by atoms with van der Waals surface area (Å²) in [5.41, 5.74) is -0.846. The molecule has 2 aromatic rings. The van der Waals surface area contributed by atoms with Crippen LogP contribution in [0.1, 0.15) is 28.4 Å². The zero-order valence-corrected chi connectivity index (χ0v) is 30.1. The first-order valence-corrected chi connectivity index (χ1v) is 17.5. The van der Waals surface area contributed by atoms with Crippen LogP contribution in [0.15, 0.2) is 48.5 Å². The number of rotatable bonds is 7. The number of aliphatic hydroxyl groups is 12. The van der Waals surface area contributed by atoms with E-state index in [4.69, 9.17) is 21.9 Å². The van der Waals surface area contributed by atoms with Gasteiger partial charge in [-0.1, -0.05) is 12.1 Å². The van der Waals surface area contributed by atoms with Gasteiger partial charge in [0.2, 0.25) is 0 Å². The summed E-state index contributed by atoms with van der Waals surface area (Å²) in [5, 5.41) is 116. The number of likely N-dealkylation sites (tertiary alicyclic amines) is 2. The molecular weight excluding hydrogens is 782 g/mol. The Morgan fingerprint density at radius 3 is 1.53 bits per heavy atom. The molecule has 0 amide bonds. The number of alkyl halides is 6. The maximum atomic E-state index is 12.6. The molecule has 3 fully saturated rings. The molecule has 22 heteroatoms. The molecule has 0 spiro atoms. The first-order valence-electron chi connectivity index (χ1n) is 17.5. The second-order valence-corrected chi connectivity index (χ2v) is 13.8. The number of nitrogens with zero attached hydrogens (tertiary/aromatic N) is 3. The van der Waals surface area contributed by atoms with Gasteiger partial charge < -0.3 is 66.6 Å². The molecule has 322 valence electrons. The molecule has 13 N–H and O–H groups in total. The Balaban J connectivity index is 0.000000244. The van der Waals surface area contributed by atoms with Crippen molar-refractivity contribution in [2.45, 2.75) is 98.1 Å². The van der Waals surface area contributed by atoms with Crippen LogP contribution in [-0.2, 0) is 18.9 Å². The molecule has 0 aliphatic carbocycles. The van der Waals surface area contributed by atoms with Gasteiger partial charge in [0.05, 0.1) is 79.1 Å². The van der Waals surface area contributed by atoms with Crippen LogP contribution in [0.4, 0.5) is 26.3 Å². The lowest BCUT2D eigenvalue weighted by Crippen LogP contribution is -2.62. The summed E-state index contributed by atoms with van der Waals surface area (Å²) in [6.07, 6.45) is -21.4. The Morgan fingerprint density at radius 2 is 1.07 bits per heavy atom. The molecule has 0 aromatic heterocycles. The minimum absolute atomic E-state index is 0.00444. The summed E-state index contributed by atoms with van der Waals surface area (Å²) < 4.78 is 75.4. The molecule has 3 saturated heterocycles. The van der Waals surface area contributed by atoms with Crippen LogP contribution in [0.2, 0.25) is 0 Å². The Kier molecular flexibility index (Phi) is 17.6. The molecule has 0 bridgehead atoms. The lowest BCUT2D eigenvalue weighted by molar-refractivity contribution is -0.151. The maximum absolute atomic E-state index is 12.6. The standard InChI is InChI=1S/C15H17F3N2O4.C14H18F3NO4.C6H13NO4/c1-19-14(8-2-4-9(5-3-8)15(16,17)18)20-6-11(22)13(24)12(23)10(20)7-21;15-14(16,17)9-3-1-8(2-4-9)5-18-6-11(20)13(22)12(21)10(18)7-19;8-2-3-5(10)6(11)4(9)1-7-3/h2-5,10-14,21-24H,6-7H2;1-4,10-13,19-22H,5-7H2;3-11H,1-2H2/t10-,11+,12-,13-,14?;10-,11+,12-,13-;3-,4+,5-,6-/m111/s1. The lowest BCUT2D eigenvalue weighted by Gasteiger charge is -2.43. The smallest absolute Gasteiger partial charge is 0.395 e. The van der Waals surface area contributed by atoms with E-state index in [9.17, 15) is 72.3 Å². The summed E-state index contributed by atoms with van der Waals surface area (Å²) in [7, 11) is 0. The van der Waals surface area contributed by atoms with Crippen LogP contribution >= 0.6 is 0 Å². The van der Waals surface area contributed by atoms with E-state index in [0.29, 0.717) is 5.56 Å². The lowest BCUT2D eigenvalue weighted by atomic mass is 9.92. The van der Waals surface area contributed by atoms with Gasteiger partial charge in [0, 0.05) is 26.2 Å². The minimum atomic E-state index is -4.50. The average molecular weight is 831 g/mol. The highest BCUT2D eigenvalue weighted by Crippen LogP contribution is 2.34. The normalized spacial score (nSPS) is 33.2. The van der Waals surface area contributed by atoms with Gasteiger partial charge >= 0.3 is 18.5 Å². The first kappa shape index (κ1) is 48.3. The molecule has 3 aliphatic heterocycles. The SMILES string of the molecule is OC[C@@H]1[C@@H](O)[C@H](O)[C@@H](O)CN1Cc1ccc(C(F)(F)F)cc1.OC[C@H]1NC[C@H](O)[C@@H](O)[C@@H]1O.[C-]#[N+]C(c1ccc(C(F)(F)F)cc1)N1C[C@H](O)[C@@H](O)[C@H](O)[C@H]1CO. The quantitative estimate of drug-likeness (QED) is 0.101. The molecule has 16 nitrogen and oxygen atoms in total. The molecule has 13 atom stereocenters. The van der Waals surface area contributed by atoms with Crippen LogP contribution in [0.5, 0.6) is 0 Å². The fraction of sp³-hybridized carbons (Fsp3) is 0.629. The number of benzene rings is 2. The van der Waals surface area contributed by atoms with E-state index >= 15 is 0 Å². The van der Waals surface area contributed by atoms with Crippen molar-refractivity contribution in [2.24, 2.45) is 0 Å². The molecule has 0 radical (unpaired) electrons. The monoisotopic (exact) mass is 830 g/mol. The molecule has 57 heavy (non-hydrogen) atoms. The van der Waals surface area contributed by atoms with Gasteiger partial charge in [-0.05, 0) is 42.0 Å². The fourth-order valence-corrected chi connectivity index (χ4v) is 6.53. The van der Waals surface area contributed by atoms with E-state index in [1.807, 2.05) is 0 Å². The van der Waals surface area contributed by atoms with Gasteiger partial charge in [0.25, 0.3) is 0 Å². The number of hydrogen-bond acceptors (Lipinski definition) is 15. The average Bonchev–Trinajstić information content (AvgIpc) is 3.16. The van der Waals surface area contributed by atoms with Crippen molar-refractivity contribution in [1.29, 1.82) is 0 Å². The van der Waals surface area contributed by atoms with E-state index < -0.39 is 116 Å². The highest BCUT2D eigenvalue weighted by atomic mass is 19.4. The fourth-order valence-electron chi connectivity index (χ4n) is 6.53. The van der Waals surface area contributed by atoms with Crippen molar-refractivity contribution in [3.8, 4) is 0 Å². The van der Waals surface area contributed by atoms with Gasteiger partial charge in [-0.3, -0.25) is 9.74 Å². The largest absolute Gasteiger partial charge is 0.416 e. The third-order valence-corrected chi connectivity index (χ3v) is 9.95. The van der Waals surface area contributed by atoms with Crippen LogP contribution in [0.25, 0.3) is 4.85 Å². The number of β-amino-alcohol motifs (C(OH)–C–C–N with tert-alkyl or cyclic N) is 3. The van der Waals surface area contributed by atoms with Crippen LogP contribution in [0.3, 0.4) is 0 Å². The van der Waals surface area contributed by atoms with Crippen molar-refractivity contribution in [3.05, 3.63) is 82.2 Å². The third kappa shape index (κ3) is 12.2. The highest BCUT2D eigenvalue weighted by Gasteiger charge is 2.46. The van der Waals surface area contributed by atoms with Gasteiger partial charge in [0.1, 0.15) is 30.5 Å². The molecule has 3 aliphatic rings. The van der Waals surface area contributed by atoms with Crippen molar-refractivity contribution in [2.75, 3.05) is 39.5 Å². The number of aliphatic hydroxyl groups excluding tert-OH is 12. The van der Waals surface area contributed by atoms with Gasteiger partial charge in [0.15, 0.2) is 0 Å². The third-order valence-electron chi connectivity index (χ3n) is 9.95. The van der Waals surface area contributed by atoms with E-state index in [-0.39, 0.29) is 38.3 Å². The molecule has 5 rings (SSSR count). The Morgan fingerprint density at radius 1 is 0.614 bits per heavy atom. The molecule has 3 heterocycles. The Bertz CT molecular complexity index is 1560. The molecular formula is C35H48F6N4O12. The Labute approximate surface area is 322 Å². The summed E-state index contributed by atoms with van der Waals surface area (Å²) in [5.74, 6) is 0. The van der Waals surface area contributed by atoms with E-state index in [0.717, 1.165) is 36.4 Å². The minimum Gasteiger partial charge on any atom is -0.395 e. The summed E-state index contributed by atoms with van der Waals surface area (Å²) in [6, 6.07) is 6.14. The molecule has 1 unspecified atom stereocenters. The number of nitrogens with one attached hydrogen (secondary N) is 1. The highest BCUT2D eigenvalue weighted by molar-refractivity contribution is 5.29. The predicted octanol–water partition coefficient (Wildman–Crippen LogP) is -2.62. The van der Waals surface area contributed by atoms with Gasteiger partial charge in [-0.2, -0.15) is 26.3 Å². The van der Waals surface area contributed by atoms with E-state index in [1.165, 1.54) is 21.9 Å². The zero-order chi connectivity index (χ0) is 43.0. The van der Waals surface area contributed by atoms with Gasteiger partial charge in [-0.15, -0.1) is 0 Å². The number of piperidine rings is 3. The number of hydrogen-bond donors (Lipinski definition) is 13. The molecule has 0 saturated carbocycles. The van der Waals surface area contributed by atoms with E-state index in [2.05, 4.69) is 10.2 Å². The summed E-state index contributed by atoms with van der Waals surface area (Å²) in [4.78, 5) is 6.15. The van der Waals surface area contributed by atoms with Crippen molar-refractivity contribution >= 4 is 0 Å². The second kappa shape index (κ2) is 20.7. The van der Waals surface area contributed by atoms with Crippen molar-refractivity contribution in [3.63, 3.8) is 0 Å². The Hall–Kier alpha value is -3.09. The van der Waals surface area contributed by atoms with Crippen molar-refractivity contribution < 1.29 is 87.6 Å². The number of halogens is 6. The van der Waals surface area contributed by atoms with Crippen molar-refractivity contribution in [1.82, 2.24) is 15.1 Å². The van der Waals surface area contributed by atoms with Crippen LogP contribution in [0, 0.1) is 6.57 Å². The van der Waals surface area contributed by atoms with Crippen LogP contribution in [-0.4, -0.2) is 184 Å². The maximum Gasteiger partial charge on any atom is 0.416 e. The second-order valence-electron chi connectivity index (χ2n) is 13.8. The van der Waals surface area contributed by atoms with E-state index in [1.54, 1.807) is 0 Å².